The van der Waals surface area contributed by atoms with Crippen LogP contribution in [0.3, 0.4) is 0 Å². The highest BCUT2D eigenvalue weighted by Gasteiger charge is 2.22. The molecule has 0 bridgehead atoms. The molecular weight excluding hydrogens is 218 g/mol. The van der Waals surface area contributed by atoms with Gasteiger partial charge >= 0.3 is 0 Å². The van der Waals surface area contributed by atoms with Crippen LogP contribution >= 0.6 is 0 Å². The molecule has 0 aromatic carbocycles. The quantitative estimate of drug-likeness (QED) is 0.672. The van der Waals surface area contributed by atoms with Gasteiger partial charge in [0.15, 0.2) is 0 Å². The van der Waals surface area contributed by atoms with Crippen molar-refractivity contribution in [3.63, 3.8) is 0 Å². The van der Waals surface area contributed by atoms with Crippen LogP contribution in [0.2, 0.25) is 0 Å². The number of carbonyl (C=O) groups excluding carboxylic acids is 2. The van der Waals surface area contributed by atoms with E-state index in [1.54, 1.807) is 0 Å². The standard InChI is InChI=1S/C12H23N3O2/c1-3-13-7-4-12(17)15-8-5-11(6-9-15)14-10(2)16/h11,13H,3-9H2,1-2H3,(H,14,16). The predicted octanol–water partition coefficient (Wildman–Crippen LogP) is 0.113. The van der Waals surface area contributed by atoms with Crippen molar-refractivity contribution in [3.05, 3.63) is 0 Å². The van der Waals surface area contributed by atoms with E-state index < -0.39 is 0 Å². The van der Waals surface area contributed by atoms with Gasteiger partial charge in [-0.05, 0) is 19.4 Å². The van der Waals surface area contributed by atoms with E-state index in [1.165, 1.54) is 6.92 Å². The van der Waals surface area contributed by atoms with E-state index in [0.717, 1.165) is 39.0 Å². The fourth-order valence-electron chi connectivity index (χ4n) is 2.09. The molecular formula is C12H23N3O2. The van der Waals surface area contributed by atoms with Crippen LogP contribution in [0.15, 0.2) is 0 Å². The number of hydrogen-bond acceptors (Lipinski definition) is 3. The summed E-state index contributed by atoms with van der Waals surface area (Å²) in [5, 5.41) is 6.05. The zero-order valence-corrected chi connectivity index (χ0v) is 10.8. The van der Waals surface area contributed by atoms with Gasteiger partial charge in [-0.3, -0.25) is 9.59 Å². The summed E-state index contributed by atoms with van der Waals surface area (Å²) in [5.74, 6) is 0.231. The normalized spacial score (nSPS) is 16.9. The second-order valence-electron chi connectivity index (χ2n) is 4.46. The SMILES string of the molecule is CCNCCC(=O)N1CCC(NC(C)=O)CC1. The number of amides is 2. The van der Waals surface area contributed by atoms with Crippen molar-refractivity contribution in [1.29, 1.82) is 0 Å². The molecule has 0 atom stereocenters. The summed E-state index contributed by atoms with van der Waals surface area (Å²) in [6.07, 6.45) is 2.30. The first kappa shape index (κ1) is 14.0. The van der Waals surface area contributed by atoms with Crippen molar-refractivity contribution in [1.82, 2.24) is 15.5 Å². The van der Waals surface area contributed by atoms with Crippen LogP contribution in [0.1, 0.15) is 33.1 Å². The molecule has 1 fully saturated rings. The third kappa shape index (κ3) is 5.17. The molecule has 98 valence electrons. The molecule has 1 heterocycles. The molecule has 1 aliphatic heterocycles. The molecule has 0 spiro atoms. The van der Waals surface area contributed by atoms with E-state index in [0.29, 0.717) is 6.42 Å². The summed E-state index contributed by atoms with van der Waals surface area (Å²) in [6, 6.07) is 0.241. The van der Waals surface area contributed by atoms with Gasteiger partial charge in [0.2, 0.25) is 11.8 Å². The molecule has 2 amide bonds. The zero-order chi connectivity index (χ0) is 12.7. The van der Waals surface area contributed by atoms with Crippen molar-refractivity contribution in [2.24, 2.45) is 0 Å². The van der Waals surface area contributed by atoms with Crippen LogP contribution in [0, 0.1) is 0 Å². The van der Waals surface area contributed by atoms with Gasteiger partial charge in [-0.15, -0.1) is 0 Å². The lowest BCUT2D eigenvalue weighted by molar-refractivity contribution is -0.132. The molecule has 5 nitrogen and oxygen atoms in total. The number of nitrogens with one attached hydrogen (secondary N) is 2. The second kappa shape index (κ2) is 7.27. The third-order valence-corrected chi connectivity index (χ3v) is 3.02. The maximum atomic E-state index is 11.8. The van der Waals surface area contributed by atoms with Gasteiger partial charge in [-0.2, -0.15) is 0 Å². The average Bonchev–Trinajstić information content (AvgIpc) is 2.29. The Balaban J connectivity index is 2.21. The van der Waals surface area contributed by atoms with Gasteiger partial charge in [-0.1, -0.05) is 6.92 Å². The molecule has 1 rings (SSSR count). The van der Waals surface area contributed by atoms with Gasteiger partial charge in [0.05, 0.1) is 0 Å². The number of nitrogens with zero attached hydrogens (tertiary/aromatic N) is 1. The molecule has 0 unspecified atom stereocenters. The molecule has 0 aromatic rings. The summed E-state index contributed by atoms with van der Waals surface area (Å²) < 4.78 is 0. The Kier molecular flexibility index (Phi) is 5.97. The second-order valence-corrected chi connectivity index (χ2v) is 4.46. The van der Waals surface area contributed by atoms with E-state index in [9.17, 15) is 9.59 Å². The van der Waals surface area contributed by atoms with Gasteiger partial charge < -0.3 is 15.5 Å². The monoisotopic (exact) mass is 241 g/mol. The van der Waals surface area contributed by atoms with E-state index in [4.69, 9.17) is 0 Å². The van der Waals surface area contributed by atoms with Crippen LogP contribution in [0.5, 0.6) is 0 Å². The Bertz CT molecular complexity index is 260. The van der Waals surface area contributed by atoms with Gasteiger partial charge in [-0.25, -0.2) is 0 Å². The van der Waals surface area contributed by atoms with E-state index >= 15 is 0 Å². The number of rotatable bonds is 5. The minimum Gasteiger partial charge on any atom is -0.353 e. The van der Waals surface area contributed by atoms with Crippen LogP contribution < -0.4 is 10.6 Å². The van der Waals surface area contributed by atoms with Crippen molar-refractivity contribution < 1.29 is 9.59 Å². The molecule has 0 aliphatic carbocycles. The van der Waals surface area contributed by atoms with E-state index in [-0.39, 0.29) is 17.9 Å². The Morgan fingerprint density at radius 1 is 1.29 bits per heavy atom. The lowest BCUT2D eigenvalue weighted by Gasteiger charge is -2.32. The maximum Gasteiger partial charge on any atom is 0.223 e. The number of hydrogen-bond donors (Lipinski definition) is 2. The molecule has 1 aliphatic rings. The van der Waals surface area contributed by atoms with Crippen LogP contribution in [0.25, 0.3) is 0 Å². The van der Waals surface area contributed by atoms with Gasteiger partial charge in [0.25, 0.3) is 0 Å². The van der Waals surface area contributed by atoms with Crippen molar-refractivity contribution in [2.45, 2.75) is 39.2 Å². The maximum absolute atomic E-state index is 11.8. The Morgan fingerprint density at radius 3 is 2.47 bits per heavy atom. The summed E-state index contributed by atoms with van der Waals surface area (Å²) >= 11 is 0. The molecule has 0 aromatic heterocycles. The topological polar surface area (TPSA) is 61.4 Å². The molecule has 0 radical (unpaired) electrons. The van der Waals surface area contributed by atoms with E-state index in [1.807, 2.05) is 11.8 Å². The van der Waals surface area contributed by atoms with Crippen molar-refractivity contribution in [2.75, 3.05) is 26.2 Å². The average molecular weight is 241 g/mol. The highest BCUT2D eigenvalue weighted by atomic mass is 16.2. The highest BCUT2D eigenvalue weighted by Crippen LogP contribution is 2.11. The summed E-state index contributed by atoms with van der Waals surface area (Å²) in [7, 11) is 0. The summed E-state index contributed by atoms with van der Waals surface area (Å²) in [5.41, 5.74) is 0. The first-order valence-electron chi connectivity index (χ1n) is 6.39. The van der Waals surface area contributed by atoms with Gasteiger partial charge in [0.1, 0.15) is 0 Å². The van der Waals surface area contributed by atoms with Gasteiger partial charge in [0, 0.05) is 39.0 Å². The van der Waals surface area contributed by atoms with Crippen molar-refractivity contribution >= 4 is 11.8 Å². The molecule has 2 N–H and O–H groups in total. The third-order valence-electron chi connectivity index (χ3n) is 3.02. The minimum atomic E-state index is 0.0157. The Labute approximate surface area is 103 Å². The molecule has 17 heavy (non-hydrogen) atoms. The molecule has 0 saturated carbocycles. The van der Waals surface area contributed by atoms with Crippen LogP contribution in [-0.2, 0) is 9.59 Å². The lowest BCUT2D eigenvalue weighted by atomic mass is 10.0. The first-order chi connectivity index (χ1) is 8.13. The fraction of sp³-hybridized carbons (Fsp3) is 0.833. The smallest absolute Gasteiger partial charge is 0.223 e. The summed E-state index contributed by atoms with van der Waals surface area (Å²) in [4.78, 5) is 24.6. The zero-order valence-electron chi connectivity index (χ0n) is 10.8. The molecule has 1 saturated heterocycles. The highest BCUT2D eigenvalue weighted by molar-refractivity contribution is 5.76. The van der Waals surface area contributed by atoms with E-state index in [2.05, 4.69) is 10.6 Å². The van der Waals surface area contributed by atoms with Crippen LogP contribution in [0.4, 0.5) is 0 Å². The minimum absolute atomic E-state index is 0.0157. The van der Waals surface area contributed by atoms with Crippen LogP contribution in [-0.4, -0.2) is 48.9 Å². The Hall–Kier alpha value is -1.10. The predicted molar refractivity (Wildman–Crippen MR) is 66.6 cm³/mol. The first-order valence-corrected chi connectivity index (χ1v) is 6.39. The fourth-order valence-corrected chi connectivity index (χ4v) is 2.09. The number of piperidine rings is 1. The molecule has 5 heteroatoms. The Morgan fingerprint density at radius 2 is 1.94 bits per heavy atom. The summed E-state index contributed by atoms with van der Waals surface area (Å²) in [6.45, 7) is 6.74. The lowest BCUT2D eigenvalue weighted by Crippen LogP contribution is -2.46. The van der Waals surface area contributed by atoms with Crippen molar-refractivity contribution in [3.8, 4) is 0 Å². The number of carbonyl (C=O) groups is 2. The largest absolute Gasteiger partial charge is 0.353 e. The number of likely N-dealkylation sites (tertiary alicyclic amines) is 1.